The topological polar surface area (TPSA) is 39.7 Å². The predicted molar refractivity (Wildman–Crippen MR) is 132 cm³/mol. The zero-order valence-electron chi connectivity index (χ0n) is 16.1. The first kappa shape index (κ1) is 25.1. The zero-order chi connectivity index (χ0) is 18.8. The van der Waals surface area contributed by atoms with Gasteiger partial charge >= 0.3 is 0 Å². The highest BCUT2D eigenvalue weighted by Gasteiger charge is 2.20. The third-order valence-electron chi connectivity index (χ3n) is 4.61. The second-order valence-corrected chi connectivity index (χ2v) is 8.44. The summed E-state index contributed by atoms with van der Waals surface area (Å²) < 4.78 is 0. The number of unbranched alkanes of at least 4 members (excludes halogenated alkanes) is 1. The summed E-state index contributed by atoms with van der Waals surface area (Å²) in [6, 6.07) is 6.39. The molecule has 8 heteroatoms. The summed E-state index contributed by atoms with van der Waals surface area (Å²) in [5.74, 6) is 2.16. The van der Waals surface area contributed by atoms with Crippen LogP contribution in [0.4, 0.5) is 0 Å². The molecule has 0 aromatic heterocycles. The van der Waals surface area contributed by atoms with Crippen LogP contribution in [0.3, 0.4) is 0 Å². The van der Waals surface area contributed by atoms with Gasteiger partial charge in [0, 0.05) is 39.3 Å². The summed E-state index contributed by atoms with van der Waals surface area (Å²) in [5.41, 5.74) is 1.22. The van der Waals surface area contributed by atoms with Gasteiger partial charge in [0.2, 0.25) is 0 Å². The summed E-state index contributed by atoms with van der Waals surface area (Å²) in [6.45, 7) is 4.05. The van der Waals surface area contributed by atoms with Gasteiger partial charge in [-0.1, -0.05) is 29.3 Å². The van der Waals surface area contributed by atoms with Crippen LogP contribution >= 0.6 is 58.9 Å². The van der Waals surface area contributed by atoms with Gasteiger partial charge in [-0.05, 0) is 55.4 Å². The minimum Gasteiger partial charge on any atom is -0.356 e. The van der Waals surface area contributed by atoms with Crippen molar-refractivity contribution in [3.05, 3.63) is 33.8 Å². The molecular weight excluding hydrogens is 514 g/mol. The Morgan fingerprint density at radius 3 is 2.59 bits per heavy atom. The van der Waals surface area contributed by atoms with Gasteiger partial charge in [0.1, 0.15) is 0 Å². The molecule has 0 radical (unpaired) electrons. The molecule has 0 saturated carbocycles. The molecule has 1 aliphatic heterocycles. The maximum Gasteiger partial charge on any atom is 0.191 e. The molecule has 0 spiro atoms. The number of guanidine groups is 1. The summed E-state index contributed by atoms with van der Waals surface area (Å²) in [4.78, 5) is 6.82. The van der Waals surface area contributed by atoms with Crippen molar-refractivity contribution in [2.75, 3.05) is 38.7 Å². The molecule has 2 N–H and O–H groups in total. The summed E-state index contributed by atoms with van der Waals surface area (Å²) in [6.07, 6.45) is 6.83. The van der Waals surface area contributed by atoms with Gasteiger partial charge < -0.3 is 10.6 Å². The fraction of sp³-hybridized carbons (Fsp3) is 0.632. The SMILES string of the molecule is CN=C(NCCCCSC)NC1CCN(Cc2ccc(Cl)c(Cl)c2)CC1.I. The van der Waals surface area contributed by atoms with E-state index in [0.29, 0.717) is 16.1 Å². The average Bonchev–Trinajstić information content (AvgIpc) is 2.65. The Balaban J connectivity index is 0.00000364. The van der Waals surface area contributed by atoms with Crippen LogP contribution in [-0.4, -0.2) is 55.6 Å². The van der Waals surface area contributed by atoms with E-state index >= 15 is 0 Å². The third kappa shape index (κ3) is 9.43. The van der Waals surface area contributed by atoms with E-state index < -0.39 is 0 Å². The van der Waals surface area contributed by atoms with Crippen LogP contribution in [0, 0.1) is 0 Å². The van der Waals surface area contributed by atoms with E-state index in [9.17, 15) is 0 Å². The van der Waals surface area contributed by atoms with Crippen molar-refractivity contribution in [2.24, 2.45) is 4.99 Å². The van der Waals surface area contributed by atoms with Crippen LogP contribution in [0.1, 0.15) is 31.2 Å². The first-order valence-corrected chi connectivity index (χ1v) is 11.4. The number of hydrogen-bond donors (Lipinski definition) is 2. The smallest absolute Gasteiger partial charge is 0.191 e. The minimum atomic E-state index is 0. The molecule has 2 rings (SSSR count). The fourth-order valence-corrected chi connectivity index (χ4v) is 3.91. The number of aliphatic imine (C=N–C) groups is 1. The molecule has 1 aliphatic rings. The Kier molecular flexibility index (Phi) is 13.2. The van der Waals surface area contributed by atoms with E-state index in [4.69, 9.17) is 23.2 Å². The first-order chi connectivity index (χ1) is 12.6. The number of halogens is 3. The van der Waals surface area contributed by atoms with E-state index in [-0.39, 0.29) is 24.0 Å². The minimum absolute atomic E-state index is 0. The Bertz CT molecular complexity index is 581. The lowest BCUT2D eigenvalue weighted by Crippen LogP contribution is -2.48. The van der Waals surface area contributed by atoms with Crippen LogP contribution in [-0.2, 0) is 6.54 Å². The summed E-state index contributed by atoms with van der Waals surface area (Å²) in [7, 11) is 1.84. The summed E-state index contributed by atoms with van der Waals surface area (Å²) in [5, 5.41) is 8.24. The number of likely N-dealkylation sites (tertiary alicyclic amines) is 1. The lowest BCUT2D eigenvalue weighted by molar-refractivity contribution is 0.198. The quantitative estimate of drug-likeness (QED) is 0.212. The van der Waals surface area contributed by atoms with Crippen molar-refractivity contribution in [2.45, 2.75) is 38.3 Å². The Labute approximate surface area is 195 Å². The van der Waals surface area contributed by atoms with Crippen molar-refractivity contribution in [3.8, 4) is 0 Å². The molecule has 0 atom stereocenters. The molecule has 0 aliphatic carbocycles. The lowest BCUT2D eigenvalue weighted by atomic mass is 10.0. The van der Waals surface area contributed by atoms with Crippen LogP contribution in [0.25, 0.3) is 0 Å². The highest BCUT2D eigenvalue weighted by atomic mass is 127. The van der Waals surface area contributed by atoms with E-state index in [1.54, 1.807) is 0 Å². The number of piperidine rings is 1. The van der Waals surface area contributed by atoms with Crippen molar-refractivity contribution in [1.82, 2.24) is 15.5 Å². The number of rotatable bonds is 8. The monoisotopic (exact) mass is 544 g/mol. The van der Waals surface area contributed by atoms with Crippen LogP contribution < -0.4 is 10.6 Å². The van der Waals surface area contributed by atoms with Crippen molar-refractivity contribution < 1.29 is 0 Å². The average molecular weight is 545 g/mol. The number of nitrogens with zero attached hydrogens (tertiary/aromatic N) is 2. The molecule has 1 saturated heterocycles. The van der Waals surface area contributed by atoms with Crippen molar-refractivity contribution in [1.29, 1.82) is 0 Å². The Morgan fingerprint density at radius 2 is 1.96 bits per heavy atom. The normalized spacial score (nSPS) is 16.1. The van der Waals surface area contributed by atoms with E-state index in [1.807, 2.05) is 30.9 Å². The number of hydrogen-bond acceptors (Lipinski definition) is 3. The van der Waals surface area contributed by atoms with Crippen LogP contribution in [0.15, 0.2) is 23.2 Å². The molecule has 0 bridgehead atoms. The summed E-state index contributed by atoms with van der Waals surface area (Å²) >= 11 is 14.0. The third-order valence-corrected chi connectivity index (χ3v) is 6.05. The van der Waals surface area contributed by atoms with Gasteiger partial charge in [-0.2, -0.15) is 11.8 Å². The first-order valence-electron chi connectivity index (χ1n) is 9.24. The van der Waals surface area contributed by atoms with Gasteiger partial charge in [-0.3, -0.25) is 9.89 Å². The maximum atomic E-state index is 6.12. The van der Waals surface area contributed by atoms with Gasteiger partial charge in [0.25, 0.3) is 0 Å². The lowest BCUT2D eigenvalue weighted by Gasteiger charge is -2.33. The van der Waals surface area contributed by atoms with E-state index in [2.05, 4.69) is 32.8 Å². The molecule has 27 heavy (non-hydrogen) atoms. The number of thioether (sulfide) groups is 1. The standard InChI is InChI=1S/C19H30Cl2N4S.HI/c1-22-19(23-9-3-4-12-26-2)24-16-7-10-25(11-8-16)14-15-5-6-17(20)18(21)13-15;/h5-6,13,16H,3-4,7-12,14H2,1-2H3,(H2,22,23,24);1H. The fourth-order valence-electron chi connectivity index (χ4n) is 3.10. The largest absolute Gasteiger partial charge is 0.356 e. The van der Waals surface area contributed by atoms with Crippen LogP contribution in [0.2, 0.25) is 10.0 Å². The number of nitrogens with one attached hydrogen (secondary N) is 2. The Hall–Kier alpha value is 0.110. The molecule has 0 unspecified atom stereocenters. The van der Waals surface area contributed by atoms with Gasteiger partial charge in [0.05, 0.1) is 10.0 Å². The zero-order valence-corrected chi connectivity index (χ0v) is 20.8. The molecule has 1 heterocycles. The van der Waals surface area contributed by atoms with Crippen molar-refractivity contribution >= 4 is 64.9 Å². The molecule has 0 amide bonds. The molecule has 1 aromatic carbocycles. The highest BCUT2D eigenvalue weighted by molar-refractivity contribution is 14.0. The molecular formula is C19H31Cl2IN4S. The Morgan fingerprint density at radius 1 is 1.22 bits per heavy atom. The van der Waals surface area contributed by atoms with Gasteiger partial charge in [0.15, 0.2) is 5.96 Å². The molecule has 4 nitrogen and oxygen atoms in total. The second-order valence-electron chi connectivity index (χ2n) is 6.64. The maximum absolute atomic E-state index is 6.12. The van der Waals surface area contributed by atoms with E-state index in [0.717, 1.165) is 45.0 Å². The van der Waals surface area contributed by atoms with Crippen molar-refractivity contribution in [3.63, 3.8) is 0 Å². The molecule has 1 fully saturated rings. The number of benzene rings is 1. The van der Waals surface area contributed by atoms with E-state index in [1.165, 1.54) is 24.2 Å². The van der Waals surface area contributed by atoms with Gasteiger partial charge in [-0.25, -0.2) is 0 Å². The molecule has 1 aromatic rings. The van der Waals surface area contributed by atoms with Gasteiger partial charge in [-0.15, -0.1) is 24.0 Å². The molecule has 154 valence electrons. The second kappa shape index (κ2) is 14.1. The highest BCUT2D eigenvalue weighted by Crippen LogP contribution is 2.24. The predicted octanol–water partition coefficient (Wildman–Crippen LogP) is 4.88. The van der Waals surface area contributed by atoms with Crippen LogP contribution in [0.5, 0.6) is 0 Å².